The van der Waals surface area contributed by atoms with E-state index < -0.39 is 18.6 Å². The number of benzene rings is 1. The van der Waals surface area contributed by atoms with Crippen LogP contribution in [0.2, 0.25) is 0 Å². The molecule has 0 aliphatic carbocycles. The van der Waals surface area contributed by atoms with E-state index in [-0.39, 0.29) is 6.61 Å². The minimum atomic E-state index is -0.888. The number of anilines is 1. The molecule has 1 saturated heterocycles. The summed E-state index contributed by atoms with van der Waals surface area (Å²) in [6.07, 6.45) is -1.45. The maximum Gasteiger partial charge on any atom is 0.416 e. The number of aliphatic hydroxyl groups excluding tert-OH is 1. The van der Waals surface area contributed by atoms with Gasteiger partial charge in [-0.15, -0.1) is 0 Å². The van der Waals surface area contributed by atoms with E-state index in [1.54, 1.807) is 19.1 Å². The monoisotopic (exact) mass is 237 g/mol. The van der Waals surface area contributed by atoms with Gasteiger partial charge < -0.3 is 14.6 Å². The normalized spacial score (nSPS) is 21.4. The highest BCUT2D eigenvalue weighted by Gasteiger charge is 2.36. The predicted molar refractivity (Wildman–Crippen MR) is 61.4 cm³/mol. The molecular weight excluding hydrogens is 222 g/mol. The topological polar surface area (TPSA) is 59.0 Å². The molecule has 1 aliphatic heterocycles. The minimum absolute atomic E-state index is 0.130. The summed E-state index contributed by atoms with van der Waals surface area (Å²) in [5.74, 6) is 0. The average molecular weight is 237 g/mol. The van der Waals surface area contributed by atoms with Crippen LogP contribution < -0.4 is 4.90 Å². The fourth-order valence-corrected chi connectivity index (χ4v) is 1.64. The van der Waals surface area contributed by atoms with Crippen molar-refractivity contribution in [3.05, 3.63) is 30.3 Å². The second kappa shape index (κ2) is 5.16. The molecule has 17 heavy (non-hydrogen) atoms. The Morgan fingerprint density at radius 2 is 2.24 bits per heavy atom. The molecule has 1 aromatic carbocycles. The number of rotatable bonds is 4. The zero-order valence-corrected chi connectivity index (χ0v) is 9.57. The largest absolute Gasteiger partial charge is 0.444 e. The van der Waals surface area contributed by atoms with Gasteiger partial charge in [0.15, 0.2) is 12.5 Å². The fourth-order valence-electron chi connectivity index (χ4n) is 1.64. The molecule has 1 aliphatic rings. The van der Waals surface area contributed by atoms with Gasteiger partial charge in [0.25, 0.3) is 0 Å². The van der Waals surface area contributed by atoms with Crippen LogP contribution in [0.15, 0.2) is 30.3 Å². The summed E-state index contributed by atoms with van der Waals surface area (Å²) in [5.41, 5.74) is 0.698. The molecule has 5 nitrogen and oxygen atoms in total. The number of hydrogen-bond acceptors (Lipinski definition) is 4. The van der Waals surface area contributed by atoms with E-state index in [0.29, 0.717) is 12.1 Å². The number of amides is 1. The van der Waals surface area contributed by atoms with Gasteiger partial charge in [0.1, 0.15) is 6.61 Å². The Morgan fingerprint density at radius 1 is 1.53 bits per heavy atom. The first-order valence-corrected chi connectivity index (χ1v) is 5.57. The van der Waals surface area contributed by atoms with Crippen LogP contribution in [0.25, 0.3) is 0 Å². The summed E-state index contributed by atoms with van der Waals surface area (Å²) >= 11 is 0. The molecule has 1 aromatic rings. The number of para-hydroxylation sites is 1. The number of aliphatic hydroxyl groups is 1. The van der Waals surface area contributed by atoms with Gasteiger partial charge in [-0.25, -0.2) is 9.69 Å². The SMILES string of the molecule is CCC(O)OC1COC(=O)N1c1ccccc1. The Bertz CT molecular complexity index is 381. The Labute approximate surface area is 99.6 Å². The van der Waals surface area contributed by atoms with Gasteiger partial charge in [0.05, 0.1) is 0 Å². The van der Waals surface area contributed by atoms with Gasteiger partial charge in [0, 0.05) is 5.69 Å². The summed E-state index contributed by atoms with van der Waals surface area (Å²) in [7, 11) is 0. The summed E-state index contributed by atoms with van der Waals surface area (Å²) in [6, 6.07) is 9.10. The van der Waals surface area contributed by atoms with Crippen LogP contribution in [0.4, 0.5) is 10.5 Å². The lowest BCUT2D eigenvalue weighted by atomic mass is 10.3. The quantitative estimate of drug-likeness (QED) is 0.810. The predicted octanol–water partition coefficient (Wildman–Crippen LogP) is 1.71. The second-order valence-electron chi connectivity index (χ2n) is 3.74. The Kier molecular flexibility index (Phi) is 3.61. The molecule has 1 amide bonds. The van der Waals surface area contributed by atoms with Gasteiger partial charge >= 0.3 is 6.09 Å². The molecule has 1 heterocycles. The summed E-state index contributed by atoms with van der Waals surface area (Å²) in [4.78, 5) is 13.0. The van der Waals surface area contributed by atoms with Crippen molar-refractivity contribution in [1.29, 1.82) is 0 Å². The first-order chi connectivity index (χ1) is 8.22. The van der Waals surface area contributed by atoms with Crippen LogP contribution in [-0.4, -0.2) is 30.3 Å². The van der Waals surface area contributed by atoms with Crippen LogP contribution in [0.1, 0.15) is 13.3 Å². The Balaban J connectivity index is 2.15. The number of nitrogens with zero attached hydrogens (tertiary/aromatic N) is 1. The lowest BCUT2D eigenvalue weighted by Gasteiger charge is -2.23. The van der Waals surface area contributed by atoms with Crippen molar-refractivity contribution < 1.29 is 19.4 Å². The van der Waals surface area contributed by atoms with Crippen LogP contribution >= 0.6 is 0 Å². The molecule has 1 N–H and O–H groups in total. The molecule has 0 radical (unpaired) electrons. The second-order valence-corrected chi connectivity index (χ2v) is 3.74. The van der Waals surface area contributed by atoms with Crippen molar-refractivity contribution >= 4 is 11.8 Å². The lowest BCUT2D eigenvalue weighted by Crippen LogP contribution is -2.38. The zero-order valence-electron chi connectivity index (χ0n) is 9.57. The molecule has 0 aromatic heterocycles. The average Bonchev–Trinajstić information content (AvgIpc) is 2.71. The maximum atomic E-state index is 11.6. The van der Waals surface area contributed by atoms with Crippen molar-refractivity contribution in [1.82, 2.24) is 0 Å². The van der Waals surface area contributed by atoms with Crippen LogP contribution in [0.3, 0.4) is 0 Å². The molecule has 0 spiro atoms. The summed E-state index contributed by atoms with van der Waals surface area (Å²) in [5, 5.41) is 9.45. The lowest BCUT2D eigenvalue weighted by molar-refractivity contribution is -0.135. The molecule has 2 rings (SSSR count). The molecule has 2 unspecified atom stereocenters. The van der Waals surface area contributed by atoms with E-state index in [4.69, 9.17) is 9.47 Å². The van der Waals surface area contributed by atoms with E-state index in [2.05, 4.69) is 0 Å². The van der Waals surface area contributed by atoms with Gasteiger partial charge in [-0.2, -0.15) is 0 Å². The van der Waals surface area contributed by atoms with E-state index in [1.807, 2.05) is 18.2 Å². The number of hydrogen-bond donors (Lipinski definition) is 1. The molecule has 0 saturated carbocycles. The van der Waals surface area contributed by atoms with Gasteiger partial charge in [-0.1, -0.05) is 25.1 Å². The van der Waals surface area contributed by atoms with Crippen molar-refractivity contribution in [2.75, 3.05) is 11.5 Å². The van der Waals surface area contributed by atoms with Crippen molar-refractivity contribution in [2.24, 2.45) is 0 Å². The van der Waals surface area contributed by atoms with Crippen molar-refractivity contribution in [3.8, 4) is 0 Å². The highest BCUT2D eigenvalue weighted by molar-refractivity contribution is 5.89. The zero-order chi connectivity index (χ0) is 12.3. The molecule has 0 bridgehead atoms. The van der Waals surface area contributed by atoms with Gasteiger partial charge in [-0.05, 0) is 18.6 Å². The third-order valence-electron chi connectivity index (χ3n) is 2.53. The fraction of sp³-hybridized carbons (Fsp3) is 0.417. The number of cyclic esters (lactones) is 1. The van der Waals surface area contributed by atoms with Crippen LogP contribution in [-0.2, 0) is 9.47 Å². The highest BCUT2D eigenvalue weighted by atomic mass is 16.7. The van der Waals surface area contributed by atoms with E-state index in [1.165, 1.54) is 4.90 Å². The van der Waals surface area contributed by atoms with Crippen LogP contribution in [0, 0.1) is 0 Å². The van der Waals surface area contributed by atoms with E-state index >= 15 is 0 Å². The number of carbonyl (C=O) groups is 1. The van der Waals surface area contributed by atoms with E-state index in [0.717, 1.165) is 0 Å². The third-order valence-corrected chi connectivity index (χ3v) is 2.53. The summed E-state index contributed by atoms with van der Waals surface area (Å²) < 4.78 is 10.3. The first kappa shape index (κ1) is 11.9. The highest BCUT2D eigenvalue weighted by Crippen LogP contribution is 2.24. The van der Waals surface area contributed by atoms with Gasteiger partial charge in [-0.3, -0.25) is 0 Å². The third kappa shape index (κ3) is 2.57. The van der Waals surface area contributed by atoms with Crippen molar-refractivity contribution in [3.63, 3.8) is 0 Å². The Morgan fingerprint density at radius 3 is 2.88 bits per heavy atom. The number of carbonyl (C=O) groups excluding carboxylic acids is 1. The standard InChI is InChI=1S/C12H15NO4/c1-2-11(14)17-10-8-16-12(15)13(10)9-6-4-3-5-7-9/h3-7,10-11,14H,2,8H2,1H3. The van der Waals surface area contributed by atoms with Crippen LogP contribution in [0.5, 0.6) is 0 Å². The smallest absolute Gasteiger partial charge is 0.416 e. The molecule has 5 heteroatoms. The number of ether oxygens (including phenoxy) is 2. The molecule has 1 fully saturated rings. The molecule has 2 atom stereocenters. The minimum Gasteiger partial charge on any atom is -0.444 e. The molecular formula is C12H15NO4. The maximum absolute atomic E-state index is 11.6. The van der Waals surface area contributed by atoms with Crippen molar-refractivity contribution in [2.45, 2.75) is 25.9 Å². The first-order valence-electron chi connectivity index (χ1n) is 5.57. The van der Waals surface area contributed by atoms with E-state index in [9.17, 15) is 9.90 Å². The Hall–Kier alpha value is -1.59. The summed E-state index contributed by atoms with van der Waals surface area (Å²) in [6.45, 7) is 1.93. The van der Waals surface area contributed by atoms with Gasteiger partial charge in [0.2, 0.25) is 0 Å². The molecule has 92 valence electrons.